The molecule has 0 bridgehead atoms. The second-order valence-electron chi connectivity index (χ2n) is 8.46. The predicted molar refractivity (Wildman–Crippen MR) is 119 cm³/mol. The highest BCUT2D eigenvalue weighted by atomic mass is 16.2. The van der Waals surface area contributed by atoms with Gasteiger partial charge in [0.2, 0.25) is 5.91 Å². The maximum absolute atomic E-state index is 12.6. The van der Waals surface area contributed by atoms with Gasteiger partial charge in [0.25, 0.3) is 0 Å². The van der Waals surface area contributed by atoms with Crippen molar-refractivity contribution in [2.45, 2.75) is 33.1 Å². The van der Waals surface area contributed by atoms with Crippen LogP contribution in [0.5, 0.6) is 0 Å². The summed E-state index contributed by atoms with van der Waals surface area (Å²) in [6.07, 6.45) is 0. The van der Waals surface area contributed by atoms with Crippen molar-refractivity contribution in [3.05, 3.63) is 54.1 Å². The van der Waals surface area contributed by atoms with Crippen LogP contribution in [-0.2, 0) is 10.2 Å². The summed E-state index contributed by atoms with van der Waals surface area (Å²) in [6, 6.07) is 15.8. The lowest BCUT2D eigenvalue weighted by molar-refractivity contribution is -0.114. The fourth-order valence-electron chi connectivity index (χ4n) is 3.38. The van der Waals surface area contributed by atoms with Crippen LogP contribution in [0.15, 0.2) is 48.5 Å². The maximum Gasteiger partial charge on any atom is 0.321 e. The van der Waals surface area contributed by atoms with Gasteiger partial charge in [-0.15, -0.1) is 0 Å². The Morgan fingerprint density at radius 1 is 0.793 bits per heavy atom. The summed E-state index contributed by atoms with van der Waals surface area (Å²) in [5, 5.41) is 5.64. The number of hydrogen-bond donors (Lipinski definition) is 2. The molecule has 3 amide bonds. The van der Waals surface area contributed by atoms with Gasteiger partial charge in [-0.2, -0.15) is 0 Å². The topological polar surface area (TPSA) is 64.7 Å². The molecular weight excluding hydrogens is 364 g/mol. The molecule has 0 spiro atoms. The Morgan fingerprint density at radius 2 is 1.31 bits per heavy atom. The number of carbonyl (C=O) groups excluding carboxylic acids is 2. The quantitative estimate of drug-likeness (QED) is 0.816. The lowest BCUT2D eigenvalue weighted by Crippen LogP contribution is -2.50. The van der Waals surface area contributed by atoms with Gasteiger partial charge in [0.05, 0.1) is 0 Å². The smallest absolute Gasteiger partial charge is 0.321 e. The molecular formula is C23H30N4O2. The highest BCUT2D eigenvalue weighted by Gasteiger charge is 2.22. The molecule has 0 aliphatic carbocycles. The summed E-state index contributed by atoms with van der Waals surface area (Å²) in [5.74, 6) is -0.118. The molecule has 3 rings (SSSR count). The van der Waals surface area contributed by atoms with Gasteiger partial charge in [0.15, 0.2) is 0 Å². The van der Waals surface area contributed by atoms with Crippen molar-refractivity contribution in [3.63, 3.8) is 0 Å². The molecule has 1 saturated heterocycles. The van der Waals surface area contributed by atoms with E-state index in [2.05, 4.69) is 60.6 Å². The number of urea groups is 1. The Bertz CT molecular complexity index is 846. The Morgan fingerprint density at radius 3 is 1.79 bits per heavy atom. The molecule has 2 aromatic rings. The number of amides is 3. The van der Waals surface area contributed by atoms with Gasteiger partial charge < -0.3 is 20.4 Å². The third-order valence-corrected chi connectivity index (χ3v) is 5.12. The van der Waals surface area contributed by atoms with E-state index in [-0.39, 0.29) is 17.4 Å². The van der Waals surface area contributed by atoms with Gasteiger partial charge >= 0.3 is 6.03 Å². The van der Waals surface area contributed by atoms with Crippen LogP contribution in [0.1, 0.15) is 33.3 Å². The summed E-state index contributed by atoms with van der Waals surface area (Å²) >= 11 is 0. The zero-order valence-electron chi connectivity index (χ0n) is 17.7. The number of piperazine rings is 1. The number of rotatable bonds is 3. The van der Waals surface area contributed by atoms with Crippen LogP contribution in [0.25, 0.3) is 0 Å². The lowest BCUT2D eigenvalue weighted by Gasteiger charge is -2.36. The summed E-state index contributed by atoms with van der Waals surface area (Å²) in [6.45, 7) is 11.1. The number of anilines is 3. The minimum atomic E-state index is -0.118. The monoisotopic (exact) mass is 394 g/mol. The van der Waals surface area contributed by atoms with Crippen molar-refractivity contribution < 1.29 is 9.59 Å². The van der Waals surface area contributed by atoms with E-state index >= 15 is 0 Å². The van der Waals surface area contributed by atoms with Crippen LogP contribution in [0.3, 0.4) is 0 Å². The fraction of sp³-hybridized carbons (Fsp3) is 0.391. The standard InChI is InChI=1S/C23H30N4O2/c1-17(28)24-19-7-9-20(10-8-19)25-22(29)27-15-13-26(14-16-27)21-11-5-18(6-12-21)23(2,3)4/h5-12H,13-16H2,1-4H3,(H,24,28)(H,25,29). The van der Waals surface area contributed by atoms with Gasteiger partial charge in [-0.05, 0) is 47.4 Å². The first-order valence-electron chi connectivity index (χ1n) is 10.0. The van der Waals surface area contributed by atoms with Crippen molar-refractivity contribution in [1.29, 1.82) is 0 Å². The molecule has 154 valence electrons. The molecule has 0 unspecified atom stereocenters. The van der Waals surface area contributed by atoms with Crippen molar-refractivity contribution in [3.8, 4) is 0 Å². The molecule has 1 aliphatic heterocycles. The van der Waals surface area contributed by atoms with Crippen LogP contribution >= 0.6 is 0 Å². The largest absolute Gasteiger partial charge is 0.368 e. The van der Waals surface area contributed by atoms with Gasteiger partial charge in [-0.3, -0.25) is 4.79 Å². The SMILES string of the molecule is CC(=O)Nc1ccc(NC(=O)N2CCN(c3ccc(C(C)(C)C)cc3)CC2)cc1. The Hall–Kier alpha value is -3.02. The van der Waals surface area contributed by atoms with E-state index in [0.29, 0.717) is 24.5 Å². The number of hydrogen-bond acceptors (Lipinski definition) is 3. The second-order valence-corrected chi connectivity index (χ2v) is 8.46. The molecule has 6 nitrogen and oxygen atoms in total. The molecule has 2 aromatic carbocycles. The van der Waals surface area contributed by atoms with Crippen molar-refractivity contribution >= 4 is 29.0 Å². The molecule has 1 fully saturated rings. The average Bonchev–Trinajstić information content (AvgIpc) is 2.69. The molecule has 2 N–H and O–H groups in total. The maximum atomic E-state index is 12.6. The average molecular weight is 395 g/mol. The minimum Gasteiger partial charge on any atom is -0.368 e. The predicted octanol–water partition coefficient (Wildman–Crippen LogP) is 4.30. The first kappa shape index (κ1) is 20.7. The van der Waals surface area contributed by atoms with Gasteiger partial charge in [0.1, 0.15) is 0 Å². The molecule has 0 atom stereocenters. The van der Waals surface area contributed by atoms with Crippen LogP contribution in [0, 0.1) is 0 Å². The summed E-state index contributed by atoms with van der Waals surface area (Å²) in [4.78, 5) is 27.8. The number of benzene rings is 2. The van der Waals surface area contributed by atoms with E-state index in [1.807, 2.05) is 4.90 Å². The van der Waals surface area contributed by atoms with E-state index in [4.69, 9.17) is 0 Å². The Balaban J connectivity index is 1.52. The van der Waals surface area contributed by atoms with Crippen molar-refractivity contribution in [2.75, 3.05) is 41.7 Å². The summed E-state index contributed by atoms with van der Waals surface area (Å²) in [5.41, 5.74) is 4.09. The first-order chi connectivity index (χ1) is 13.7. The minimum absolute atomic E-state index is 0.0972. The fourth-order valence-corrected chi connectivity index (χ4v) is 3.38. The second kappa shape index (κ2) is 8.55. The third-order valence-electron chi connectivity index (χ3n) is 5.12. The van der Waals surface area contributed by atoms with E-state index in [0.717, 1.165) is 13.1 Å². The lowest BCUT2D eigenvalue weighted by atomic mass is 9.87. The van der Waals surface area contributed by atoms with Crippen molar-refractivity contribution in [2.24, 2.45) is 0 Å². The van der Waals surface area contributed by atoms with E-state index in [9.17, 15) is 9.59 Å². The molecule has 1 heterocycles. The molecule has 0 aromatic heterocycles. The van der Waals surface area contributed by atoms with E-state index in [1.165, 1.54) is 18.2 Å². The van der Waals surface area contributed by atoms with Gasteiger partial charge in [0, 0.05) is 50.2 Å². The van der Waals surface area contributed by atoms with Crippen molar-refractivity contribution in [1.82, 2.24) is 4.90 Å². The molecule has 1 aliphatic rings. The zero-order chi connectivity index (χ0) is 21.0. The molecule has 0 radical (unpaired) electrons. The van der Waals surface area contributed by atoms with Gasteiger partial charge in [-0.25, -0.2) is 4.79 Å². The number of nitrogens with one attached hydrogen (secondary N) is 2. The van der Waals surface area contributed by atoms with Crippen LogP contribution in [0.2, 0.25) is 0 Å². The van der Waals surface area contributed by atoms with E-state index in [1.54, 1.807) is 24.3 Å². The summed E-state index contributed by atoms with van der Waals surface area (Å²) < 4.78 is 0. The Labute approximate surface area is 172 Å². The Kier molecular flexibility index (Phi) is 6.11. The number of nitrogens with zero attached hydrogens (tertiary/aromatic N) is 2. The van der Waals surface area contributed by atoms with Crippen LogP contribution in [0.4, 0.5) is 21.9 Å². The highest BCUT2D eigenvalue weighted by Crippen LogP contribution is 2.25. The molecule has 0 saturated carbocycles. The number of carbonyl (C=O) groups is 2. The third kappa shape index (κ3) is 5.50. The zero-order valence-corrected chi connectivity index (χ0v) is 17.7. The first-order valence-corrected chi connectivity index (χ1v) is 10.0. The van der Waals surface area contributed by atoms with Gasteiger partial charge in [-0.1, -0.05) is 32.9 Å². The summed E-state index contributed by atoms with van der Waals surface area (Å²) in [7, 11) is 0. The molecule has 29 heavy (non-hydrogen) atoms. The van der Waals surface area contributed by atoms with Crippen LogP contribution in [-0.4, -0.2) is 43.0 Å². The molecule has 6 heteroatoms. The van der Waals surface area contributed by atoms with E-state index < -0.39 is 0 Å². The van der Waals surface area contributed by atoms with Crippen LogP contribution < -0.4 is 15.5 Å². The highest BCUT2D eigenvalue weighted by molar-refractivity contribution is 5.91. The normalized spacial score (nSPS) is 14.5.